The monoisotopic (exact) mass is 405 g/mol. The molecule has 0 aliphatic rings. The molecule has 0 aliphatic carbocycles. The second kappa shape index (κ2) is 7.69. The Kier molecular flexibility index (Phi) is 4.92. The number of fused-ring (bicyclic) bond motifs is 1. The fraction of sp³-hybridized carbons (Fsp3) is 0.0476. The van der Waals surface area contributed by atoms with Crippen LogP contribution in [-0.2, 0) is 4.79 Å². The summed E-state index contributed by atoms with van der Waals surface area (Å²) in [5.74, 6) is -2.27. The van der Waals surface area contributed by atoms with Crippen molar-refractivity contribution in [1.29, 1.82) is 0 Å². The summed E-state index contributed by atoms with van der Waals surface area (Å²) in [6, 6.07) is 18.7. The molecule has 2 heterocycles. The molecule has 4 aromatic rings. The number of hydrogen-bond acceptors (Lipinski definition) is 6. The highest BCUT2D eigenvalue weighted by Gasteiger charge is 2.23. The Morgan fingerprint density at radius 3 is 2.17 bits per heavy atom. The summed E-state index contributed by atoms with van der Waals surface area (Å²) in [5, 5.41) is 22.4. The third kappa shape index (κ3) is 3.65. The van der Waals surface area contributed by atoms with Crippen LogP contribution in [0.4, 0.5) is 0 Å². The number of rotatable bonds is 5. The standard InChI is InChI=1S/C21H15N3O4S/c25-14(26)11-22-20(28)17-18(27)19-16(15(23-17)12-7-3-1-4-8-12)24-21(29-19)13-9-5-2-6-10-13/h1-10,27H,11H2,(H,22,28)(H,25,26). The number of carboxylic acids is 1. The van der Waals surface area contributed by atoms with Crippen molar-refractivity contribution < 1.29 is 19.8 Å². The maximum absolute atomic E-state index is 12.5. The molecule has 0 atom stereocenters. The average Bonchev–Trinajstić information content (AvgIpc) is 3.20. The highest BCUT2D eigenvalue weighted by molar-refractivity contribution is 7.22. The van der Waals surface area contributed by atoms with Gasteiger partial charge in [0.2, 0.25) is 0 Å². The lowest BCUT2D eigenvalue weighted by molar-refractivity contribution is -0.135. The van der Waals surface area contributed by atoms with Crippen molar-refractivity contribution in [3.05, 3.63) is 66.4 Å². The van der Waals surface area contributed by atoms with Crippen LogP contribution in [0, 0.1) is 0 Å². The summed E-state index contributed by atoms with van der Waals surface area (Å²) in [7, 11) is 0. The molecule has 0 radical (unpaired) electrons. The first-order valence-corrected chi connectivity index (χ1v) is 9.50. The summed E-state index contributed by atoms with van der Waals surface area (Å²) in [4.78, 5) is 32.2. The van der Waals surface area contributed by atoms with E-state index in [0.29, 0.717) is 20.9 Å². The topological polar surface area (TPSA) is 112 Å². The summed E-state index contributed by atoms with van der Waals surface area (Å²) in [6.45, 7) is -0.573. The van der Waals surface area contributed by atoms with Crippen LogP contribution in [0.1, 0.15) is 10.5 Å². The van der Waals surface area contributed by atoms with Crippen molar-refractivity contribution >= 4 is 33.4 Å². The van der Waals surface area contributed by atoms with Crippen LogP contribution >= 0.6 is 11.3 Å². The van der Waals surface area contributed by atoms with Gasteiger partial charge in [0.05, 0.1) is 5.69 Å². The third-order valence-electron chi connectivity index (χ3n) is 4.20. The molecule has 0 saturated heterocycles. The lowest BCUT2D eigenvalue weighted by Crippen LogP contribution is -2.30. The lowest BCUT2D eigenvalue weighted by atomic mass is 10.1. The van der Waals surface area contributed by atoms with E-state index in [1.54, 1.807) is 0 Å². The van der Waals surface area contributed by atoms with E-state index in [1.165, 1.54) is 11.3 Å². The first-order chi connectivity index (χ1) is 14.0. The van der Waals surface area contributed by atoms with E-state index < -0.39 is 18.4 Å². The molecule has 0 saturated carbocycles. The zero-order valence-electron chi connectivity index (χ0n) is 15.0. The molecular weight excluding hydrogens is 390 g/mol. The van der Waals surface area contributed by atoms with Crippen molar-refractivity contribution in [3.8, 4) is 27.6 Å². The number of nitrogens with one attached hydrogen (secondary N) is 1. The number of aromatic nitrogens is 2. The van der Waals surface area contributed by atoms with Crippen molar-refractivity contribution in [3.63, 3.8) is 0 Å². The van der Waals surface area contributed by atoms with Crippen LogP contribution in [0.25, 0.3) is 32.0 Å². The molecule has 144 valence electrons. The number of nitrogens with zero attached hydrogens (tertiary/aromatic N) is 2. The van der Waals surface area contributed by atoms with Crippen molar-refractivity contribution in [2.45, 2.75) is 0 Å². The highest BCUT2D eigenvalue weighted by atomic mass is 32.1. The maximum Gasteiger partial charge on any atom is 0.322 e. The molecule has 4 rings (SSSR count). The second-order valence-corrected chi connectivity index (χ2v) is 7.16. The summed E-state index contributed by atoms with van der Waals surface area (Å²) in [5.41, 5.74) is 2.30. The van der Waals surface area contributed by atoms with Crippen LogP contribution in [-0.4, -0.2) is 38.6 Å². The Morgan fingerprint density at radius 1 is 0.931 bits per heavy atom. The molecule has 0 aliphatic heterocycles. The Morgan fingerprint density at radius 2 is 1.55 bits per heavy atom. The van der Waals surface area contributed by atoms with Crippen molar-refractivity contribution in [2.75, 3.05) is 6.54 Å². The first kappa shape index (κ1) is 18.6. The van der Waals surface area contributed by atoms with Crippen molar-refractivity contribution in [2.24, 2.45) is 0 Å². The number of benzene rings is 2. The van der Waals surface area contributed by atoms with Gasteiger partial charge >= 0.3 is 5.97 Å². The molecule has 2 aromatic carbocycles. The average molecular weight is 405 g/mol. The number of amides is 1. The fourth-order valence-corrected chi connectivity index (χ4v) is 3.88. The summed E-state index contributed by atoms with van der Waals surface area (Å²) >= 11 is 1.24. The summed E-state index contributed by atoms with van der Waals surface area (Å²) in [6.07, 6.45) is 0. The molecule has 0 unspecified atom stereocenters. The molecule has 8 heteroatoms. The largest absolute Gasteiger partial charge is 0.504 e. The van der Waals surface area contributed by atoms with E-state index in [4.69, 9.17) is 5.11 Å². The molecule has 0 bridgehead atoms. The predicted molar refractivity (Wildman–Crippen MR) is 110 cm³/mol. The Balaban J connectivity index is 1.93. The first-order valence-electron chi connectivity index (χ1n) is 8.69. The van der Waals surface area contributed by atoms with E-state index in [-0.39, 0.29) is 11.4 Å². The number of hydrogen-bond donors (Lipinski definition) is 3. The van der Waals surface area contributed by atoms with E-state index in [9.17, 15) is 14.7 Å². The zero-order chi connectivity index (χ0) is 20.4. The van der Waals surface area contributed by atoms with Gasteiger partial charge in [-0.3, -0.25) is 9.59 Å². The normalized spacial score (nSPS) is 10.8. The number of pyridine rings is 1. The fourth-order valence-electron chi connectivity index (χ4n) is 2.87. The Bertz CT molecular complexity index is 1210. The quantitative estimate of drug-likeness (QED) is 0.468. The van der Waals surface area contributed by atoms with Gasteiger partial charge in [0.25, 0.3) is 5.91 Å². The molecule has 0 spiro atoms. The molecule has 1 amide bonds. The number of carboxylic acid groups (broad SMARTS) is 1. The van der Waals surface area contributed by atoms with Crippen LogP contribution in [0.5, 0.6) is 5.75 Å². The number of carbonyl (C=O) groups is 2. The van der Waals surface area contributed by atoms with Crippen LogP contribution in [0.3, 0.4) is 0 Å². The number of aromatic hydroxyl groups is 1. The van der Waals surface area contributed by atoms with E-state index in [0.717, 1.165) is 11.1 Å². The van der Waals surface area contributed by atoms with Gasteiger partial charge in [-0.2, -0.15) is 0 Å². The van der Waals surface area contributed by atoms with Gasteiger partial charge in [-0.25, -0.2) is 9.97 Å². The smallest absolute Gasteiger partial charge is 0.322 e. The minimum absolute atomic E-state index is 0.235. The maximum atomic E-state index is 12.5. The number of thiazole rings is 1. The highest BCUT2D eigenvalue weighted by Crippen LogP contribution is 2.40. The molecule has 29 heavy (non-hydrogen) atoms. The van der Waals surface area contributed by atoms with Gasteiger partial charge < -0.3 is 15.5 Å². The minimum atomic E-state index is -1.19. The van der Waals surface area contributed by atoms with Crippen LogP contribution in [0.15, 0.2) is 60.7 Å². The third-order valence-corrected chi connectivity index (χ3v) is 5.31. The number of aliphatic carboxylic acids is 1. The van der Waals surface area contributed by atoms with E-state index in [2.05, 4.69) is 15.3 Å². The van der Waals surface area contributed by atoms with E-state index >= 15 is 0 Å². The predicted octanol–water partition coefficient (Wildman–Crippen LogP) is 3.55. The van der Waals surface area contributed by atoms with Crippen LogP contribution < -0.4 is 5.32 Å². The van der Waals surface area contributed by atoms with Crippen LogP contribution in [0.2, 0.25) is 0 Å². The Hall–Kier alpha value is -3.78. The molecule has 7 nitrogen and oxygen atoms in total. The van der Waals surface area contributed by atoms with Gasteiger partial charge in [-0.05, 0) is 0 Å². The van der Waals surface area contributed by atoms with Gasteiger partial charge in [-0.1, -0.05) is 60.7 Å². The SMILES string of the molecule is O=C(O)CNC(=O)c1nc(-c2ccccc2)c2nc(-c3ccccc3)sc2c1O. The Labute approximate surface area is 169 Å². The molecule has 2 aromatic heterocycles. The lowest BCUT2D eigenvalue weighted by Gasteiger charge is -2.08. The van der Waals surface area contributed by atoms with Gasteiger partial charge in [0.1, 0.15) is 21.8 Å². The van der Waals surface area contributed by atoms with Gasteiger partial charge in [0, 0.05) is 11.1 Å². The molecule has 0 fully saturated rings. The van der Waals surface area contributed by atoms with E-state index in [1.807, 2.05) is 60.7 Å². The van der Waals surface area contributed by atoms with Gasteiger partial charge in [0.15, 0.2) is 11.4 Å². The number of carbonyl (C=O) groups excluding carboxylic acids is 1. The zero-order valence-corrected chi connectivity index (χ0v) is 15.8. The molecular formula is C21H15N3O4S. The molecule has 3 N–H and O–H groups in total. The van der Waals surface area contributed by atoms with Crippen molar-refractivity contribution in [1.82, 2.24) is 15.3 Å². The van der Waals surface area contributed by atoms with Gasteiger partial charge in [-0.15, -0.1) is 11.3 Å². The second-order valence-electron chi connectivity index (χ2n) is 6.16. The minimum Gasteiger partial charge on any atom is -0.504 e. The summed E-state index contributed by atoms with van der Waals surface area (Å²) < 4.78 is 0.415.